The molecule has 0 N–H and O–H groups in total. The third kappa shape index (κ3) is 2.38. The van der Waals surface area contributed by atoms with E-state index in [1.165, 1.54) is 4.40 Å². The van der Waals surface area contributed by atoms with Gasteiger partial charge < -0.3 is 0 Å². The Hall–Kier alpha value is -2.37. The highest BCUT2D eigenvalue weighted by Crippen LogP contribution is 2.50. The molecule has 3 nitrogen and oxygen atoms in total. The molecule has 0 aliphatic heterocycles. The number of aryl methyl sites for hydroxylation is 1. The van der Waals surface area contributed by atoms with Crippen molar-refractivity contribution >= 4 is 5.65 Å². The molecular weight excluding hydrogens is 303 g/mol. The van der Waals surface area contributed by atoms with Gasteiger partial charge >= 0.3 is 0 Å². The Morgan fingerprint density at radius 3 is 2.52 bits per heavy atom. The summed E-state index contributed by atoms with van der Waals surface area (Å²) in [5.74, 6) is -3.45. The molecule has 1 unspecified atom stereocenters. The van der Waals surface area contributed by atoms with E-state index in [2.05, 4.69) is 10.2 Å². The third-order valence-electron chi connectivity index (χ3n) is 4.34. The molecule has 1 fully saturated rings. The number of hydrogen-bond acceptors (Lipinski definition) is 2. The van der Waals surface area contributed by atoms with Crippen LogP contribution in [0.5, 0.6) is 0 Å². The van der Waals surface area contributed by atoms with Gasteiger partial charge in [0.25, 0.3) is 5.92 Å². The minimum absolute atomic E-state index is 0.0713. The van der Waals surface area contributed by atoms with Crippen molar-refractivity contribution in [2.75, 3.05) is 0 Å². The first-order chi connectivity index (χ1) is 11.0. The highest BCUT2D eigenvalue weighted by molar-refractivity contribution is 5.68. The average molecular weight is 317 g/mol. The molecule has 0 radical (unpaired) electrons. The van der Waals surface area contributed by atoms with Crippen LogP contribution in [0.4, 0.5) is 13.2 Å². The van der Waals surface area contributed by atoms with Crippen LogP contribution in [0, 0.1) is 18.7 Å². The molecule has 1 saturated carbocycles. The highest BCUT2D eigenvalue weighted by Gasteiger charge is 2.56. The van der Waals surface area contributed by atoms with Crippen molar-refractivity contribution in [2.45, 2.75) is 25.7 Å². The van der Waals surface area contributed by atoms with Gasteiger partial charge in [-0.25, -0.2) is 13.2 Å². The molecule has 118 valence electrons. The van der Waals surface area contributed by atoms with Gasteiger partial charge in [0, 0.05) is 30.5 Å². The van der Waals surface area contributed by atoms with Crippen LogP contribution in [-0.2, 0) is 6.42 Å². The summed E-state index contributed by atoms with van der Waals surface area (Å²) < 4.78 is 42.3. The molecule has 0 spiro atoms. The van der Waals surface area contributed by atoms with Crippen molar-refractivity contribution in [1.29, 1.82) is 0 Å². The number of hydrogen-bond donors (Lipinski definition) is 0. The minimum Gasteiger partial charge on any atom is -0.284 e. The molecular formula is C17H14F3N3. The molecule has 0 saturated heterocycles. The maximum absolute atomic E-state index is 14.7. The predicted octanol–water partition coefficient (Wildman–Crippen LogP) is 4.04. The molecule has 0 bridgehead atoms. The summed E-state index contributed by atoms with van der Waals surface area (Å²) in [6.07, 6.45) is 1.62. The number of rotatable bonds is 3. The number of pyridine rings is 1. The topological polar surface area (TPSA) is 30.2 Å². The molecule has 3 aromatic rings. The second-order valence-electron chi connectivity index (χ2n) is 6.09. The number of benzene rings is 1. The number of aromatic nitrogens is 3. The summed E-state index contributed by atoms with van der Waals surface area (Å²) in [5, 5.41) is 7.73. The van der Waals surface area contributed by atoms with E-state index in [-0.39, 0.29) is 18.5 Å². The van der Waals surface area contributed by atoms with E-state index >= 15 is 0 Å². The van der Waals surface area contributed by atoms with Crippen molar-refractivity contribution in [3.05, 3.63) is 53.7 Å². The lowest BCUT2D eigenvalue weighted by molar-refractivity contribution is 0.0984. The van der Waals surface area contributed by atoms with E-state index in [1.807, 2.05) is 31.2 Å². The maximum atomic E-state index is 14.7. The normalized spacial score (nSPS) is 19.2. The van der Waals surface area contributed by atoms with E-state index < -0.39 is 17.7 Å². The van der Waals surface area contributed by atoms with E-state index in [4.69, 9.17) is 0 Å². The van der Waals surface area contributed by atoms with Crippen molar-refractivity contribution in [1.82, 2.24) is 14.6 Å². The third-order valence-corrected chi connectivity index (χ3v) is 4.34. The summed E-state index contributed by atoms with van der Waals surface area (Å²) in [5.41, 5.74) is 2.33. The van der Waals surface area contributed by atoms with Crippen molar-refractivity contribution in [3.8, 4) is 11.1 Å². The van der Waals surface area contributed by atoms with Crippen molar-refractivity contribution < 1.29 is 13.2 Å². The largest absolute Gasteiger partial charge is 0.284 e. The maximum Gasteiger partial charge on any atom is 0.252 e. The average Bonchev–Trinajstić information content (AvgIpc) is 2.92. The second-order valence-corrected chi connectivity index (χ2v) is 6.09. The Balaban J connectivity index is 1.73. The molecule has 23 heavy (non-hydrogen) atoms. The number of nitrogens with zero attached hydrogens (tertiary/aromatic N) is 3. The van der Waals surface area contributed by atoms with E-state index in [9.17, 15) is 13.2 Å². The standard InChI is InChI=1S/C17H14F3N3/c1-10-2-4-11(5-3-10)13-6-7-23-14(8-12-9-17(12,19)20)21-22-16(23)15(13)18/h2-7,12H,8-9H2,1H3. The van der Waals surface area contributed by atoms with E-state index in [0.717, 1.165) is 11.1 Å². The zero-order valence-electron chi connectivity index (χ0n) is 12.4. The van der Waals surface area contributed by atoms with Crippen LogP contribution in [0.2, 0.25) is 0 Å². The first-order valence-electron chi connectivity index (χ1n) is 7.43. The first-order valence-corrected chi connectivity index (χ1v) is 7.43. The number of fused-ring (bicyclic) bond motifs is 1. The molecule has 2 heterocycles. The van der Waals surface area contributed by atoms with Gasteiger partial charge in [0.05, 0.1) is 0 Å². The summed E-state index contributed by atoms with van der Waals surface area (Å²) in [6.45, 7) is 1.96. The van der Waals surface area contributed by atoms with Crippen molar-refractivity contribution in [3.63, 3.8) is 0 Å². The number of alkyl halides is 2. The van der Waals surface area contributed by atoms with E-state index in [1.54, 1.807) is 12.3 Å². The molecule has 4 rings (SSSR count). The summed E-state index contributed by atoms with van der Waals surface area (Å²) in [7, 11) is 0. The van der Waals surface area contributed by atoms with Crippen LogP contribution in [-0.4, -0.2) is 20.5 Å². The lowest BCUT2D eigenvalue weighted by Crippen LogP contribution is -2.02. The first kappa shape index (κ1) is 14.2. The Bertz CT molecular complexity index is 884. The molecule has 0 amide bonds. The van der Waals surface area contributed by atoms with Crippen LogP contribution < -0.4 is 0 Å². The Kier molecular flexibility index (Phi) is 2.98. The van der Waals surface area contributed by atoms with Gasteiger partial charge in [0.1, 0.15) is 5.82 Å². The number of halogens is 3. The molecule has 6 heteroatoms. The van der Waals surface area contributed by atoms with Crippen LogP contribution in [0.15, 0.2) is 36.5 Å². The lowest BCUT2D eigenvalue weighted by Gasteiger charge is -2.06. The monoisotopic (exact) mass is 317 g/mol. The SMILES string of the molecule is Cc1ccc(-c2ccn3c(CC4CC4(F)F)nnc3c2F)cc1. The molecule has 1 aromatic carbocycles. The van der Waals surface area contributed by atoms with Gasteiger partial charge in [-0.05, 0) is 18.6 Å². The van der Waals surface area contributed by atoms with Gasteiger partial charge in [-0.1, -0.05) is 29.8 Å². The van der Waals surface area contributed by atoms with E-state index in [0.29, 0.717) is 11.4 Å². The Labute approximate surface area is 130 Å². The lowest BCUT2D eigenvalue weighted by atomic mass is 10.0. The fourth-order valence-electron chi connectivity index (χ4n) is 2.78. The van der Waals surface area contributed by atoms with Gasteiger partial charge in [0.2, 0.25) is 0 Å². The second kappa shape index (κ2) is 4.81. The molecule has 1 atom stereocenters. The van der Waals surface area contributed by atoms with Gasteiger partial charge in [-0.15, -0.1) is 10.2 Å². The Morgan fingerprint density at radius 1 is 1.17 bits per heavy atom. The summed E-state index contributed by atoms with van der Waals surface area (Å²) in [4.78, 5) is 0. The molecule has 2 aromatic heterocycles. The highest BCUT2D eigenvalue weighted by atomic mass is 19.3. The fourth-order valence-corrected chi connectivity index (χ4v) is 2.78. The Morgan fingerprint density at radius 2 is 1.87 bits per heavy atom. The molecule has 1 aliphatic carbocycles. The minimum atomic E-state index is -2.62. The quantitative estimate of drug-likeness (QED) is 0.730. The zero-order chi connectivity index (χ0) is 16.2. The molecule has 1 aliphatic rings. The fraction of sp³-hybridized carbons (Fsp3) is 0.294. The zero-order valence-corrected chi connectivity index (χ0v) is 12.4. The summed E-state index contributed by atoms with van der Waals surface area (Å²) in [6, 6.07) is 9.12. The van der Waals surface area contributed by atoms with Crippen LogP contribution in [0.25, 0.3) is 16.8 Å². The summed E-state index contributed by atoms with van der Waals surface area (Å²) >= 11 is 0. The van der Waals surface area contributed by atoms with Crippen LogP contribution >= 0.6 is 0 Å². The van der Waals surface area contributed by atoms with Gasteiger partial charge in [-0.3, -0.25) is 4.40 Å². The smallest absolute Gasteiger partial charge is 0.252 e. The van der Waals surface area contributed by atoms with Gasteiger partial charge in [-0.2, -0.15) is 0 Å². The van der Waals surface area contributed by atoms with Crippen molar-refractivity contribution in [2.24, 2.45) is 5.92 Å². The van der Waals surface area contributed by atoms with Crippen LogP contribution in [0.1, 0.15) is 17.8 Å². The van der Waals surface area contributed by atoms with Crippen LogP contribution in [0.3, 0.4) is 0 Å². The predicted molar refractivity (Wildman–Crippen MR) is 79.9 cm³/mol. The van der Waals surface area contributed by atoms with Gasteiger partial charge in [0.15, 0.2) is 11.5 Å².